The predicted molar refractivity (Wildman–Crippen MR) is 64.4 cm³/mol. The van der Waals surface area contributed by atoms with Gasteiger partial charge < -0.3 is 9.99 Å². The Balaban J connectivity index is 2.22. The summed E-state index contributed by atoms with van der Waals surface area (Å²) in [4.78, 5) is 19.8. The van der Waals surface area contributed by atoms with Gasteiger partial charge in [-0.1, -0.05) is 0 Å². The van der Waals surface area contributed by atoms with E-state index in [1.54, 1.807) is 23.0 Å². The zero-order valence-corrected chi connectivity index (χ0v) is 9.42. The number of hydrazine groups is 1. The second-order valence-corrected chi connectivity index (χ2v) is 3.71. The molecule has 0 fully saturated rings. The van der Waals surface area contributed by atoms with Crippen molar-refractivity contribution in [1.29, 1.82) is 0 Å². The molecule has 0 saturated heterocycles. The molecule has 0 bridgehead atoms. The van der Waals surface area contributed by atoms with E-state index in [0.29, 0.717) is 18.1 Å². The molecule has 2 aromatic heterocycles. The maximum absolute atomic E-state index is 11.6. The lowest BCUT2D eigenvalue weighted by atomic mass is 10.3. The number of rotatable bonds is 3. The van der Waals surface area contributed by atoms with Crippen LogP contribution < -0.4 is 16.8 Å². The zero-order valence-electron chi connectivity index (χ0n) is 9.42. The summed E-state index contributed by atoms with van der Waals surface area (Å²) in [6, 6.07) is 3.47. The van der Waals surface area contributed by atoms with Crippen molar-refractivity contribution in [1.82, 2.24) is 14.5 Å². The smallest absolute Gasteiger partial charge is 0.251 e. The van der Waals surface area contributed by atoms with Crippen LogP contribution in [0, 0.1) is 6.92 Å². The number of aromatic nitrogens is 3. The Morgan fingerprint density at radius 3 is 2.82 bits per heavy atom. The standard InChI is InChI=1S/C11H13N5O/c1-8-2-3-16(11(17)4-8)7-9-5-14-10(15-12)6-13-9/h2-6H,7,12H2,1H3,(H,14,15). The third-order valence-electron chi connectivity index (χ3n) is 2.34. The molecule has 0 aromatic carbocycles. The van der Waals surface area contributed by atoms with Crippen LogP contribution in [-0.2, 0) is 6.54 Å². The highest BCUT2D eigenvalue weighted by Gasteiger charge is 2.00. The van der Waals surface area contributed by atoms with Crippen LogP contribution in [0.1, 0.15) is 11.3 Å². The quantitative estimate of drug-likeness (QED) is 0.585. The van der Waals surface area contributed by atoms with Gasteiger partial charge in [0.15, 0.2) is 5.82 Å². The first-order valence-electron chi connectivity index (χ1n) is 5.13. The molecule has 17 heavy (non-hydrogen) atoms. The molecule has 2 heterocycles. The summed E-state index contributed by atoms with van der Waals surface area (Å²) >= 11 is 0. The lowest BCUT2D eigenvalue weighted by Crippen LogP contribution is -2.20. The molecule has 0 aliphatic rings. The molecule has 0 unspecified atom stereocenters. The number of nitrogens with one attached hydrogen (secondary N) is 1. The molecule has 88 valence electrons. The number of hydrogen-bond donors (Lipinski definition) is 2. The van der Waals surface area contributed by atoms with E-state index in [1.165, 1.54) is 6.20 Å². The Bertz CT molecular complexity index is 561. The van der Waals surface area contributed by atoms with Gasteiger partial charge >= 0.3 is 0 Å². The summed E-state index contributed by atoms with van der Waals surface area (Å²) in [5.41, 5.74) is 3.99. The number of hydrogen-bond acceptors (Lipinski definition) is 5. The van der Waals surface area contributed by atoms with Crippen molar-refractivity contribution in [2.75, 3.05) is 5.43 Å². The number of nitrogens with zero attached hydrogens (tertiary/aromatic N) is 3. The molecule has 0 saturated carbocycles. The van der Waals surface area contributed by atoms with Gasteiger partial charge in [0, 0.05) is 12.3 Å². The molecule has 0 amide bonds. The Labute approximate surface area is 98.1 Å². The number of aryl methyl sites for hydroxylation is 1. The molecule has 6 heteroatoms. The fourth-order valence-corrected chi connectivity index (χ4v) is 1.42. The predicted octanol–water partition coefficient (Wildman–Crippen LogP) is 0.281. The SMILES string of the molecule is Cc1ccn(Cc2cnc(NN)cn2)c(=O)c1. The normalized spacial score (nSPS) is 10.2. The summed E-state index contributed by atoms with van der Waals surface area (Å²) in [7, 11) is 0. The Morgan fingerprint density at radius 2 is 2.24 bits per heavy atom. The molecule has 3 N–H and O–H groups in total. The van der Waals surface area contributed by atoms with E-state index in [2.05, 4.69) is 15.4 Å². The van der Waals surface area contributed by atoms with E-state index in [-0.39, 0.29) is 5.56 Å². The Kier molecular flexibility index (Phi) is 3.15. The van der Waals surface area contributed by atoms with Gasteiger partial charge in [0.05, 0.1) is 24.6 Å². The van der Waals surface area contributed by atoms with Gasteiger partial charge in [-0.2, -0.15) is 0 Å². The van der Waals surface area contributed by atoms with Crippen LogP contribution in [-0.4, -0.2) is 14.5 Å². The van der Waals surface area contributed by atoms with Gasteiger partial charge in [-0.25, -0.2) is 10.8 Å². The van der Waals surface area contributed by atoms with Gasteiger partial charge in [-0.3, -0.25) is 9.78 Å². The Hall–Kier alpha value is -2.21. The summed E-state index contributed by atoms with van der Waals surface area (Å²) in [5, 5.41) is 0. The average molecular weight is 231 g/mol. The molecular weight excluding hydrogens is 218 g/mol. The summed E-state index contributed by atoms with van der Waals surface area (Å²) < 4.78 is 1.58. The van der Waals surface area contributed by atoms with Gasteiger partial charge in [-0.15, -0.1) is 0 Å². The first-order chi connectivity index (χ1) is 8.19. The molecule has 0 aliphatic carbocycles. The second kappa shape index (κ2) is 4.75. The Morgan fingerprint density at radius 1 is 1.41 bits per heavy atom. The van der Waals surface area contributed by atoms with Crippen molar-refractivity contribution in [3.05, 3.63) is 52.3 Å². The highest BCUT2D eigenvalue weighted by Crippen LogP contribution is 2.00. The number of anilines is 1. The minimum absolute atomic E-state index is 0.0483. The van der Waals surface area contributed by atoms with Crippen molar-refractivity contribution < 1.29 is 0 Å². The van der Waals surface area contributed by atoms with Crippen LogP contribution >= 0.6 is 0 Å². The van der Waals surface area contributed by atoms with Crippen molar-refractivity contribution in [2.45, 2.75) is 13.5 Å². The number of nitrogen functional groups attached to an aromatic ring is 1. The van der Waals surface area contributed by atoms with Crippen molar-refractivity contribution >= 4 is 5.82 Å². The summed E-state index contributed by atoms with van der Waals surface area (Å²) in [5.74, 6) is 5.68. The van der Waals surface area contributed by atoms with Crippen molar-refractivity contribution in [3.63, 3.8) is 0 Å². The maximum Gasteiger partial charge on any atom is 0.251 e. The van der Waals surface area contributed by atoms with E-state index in [4.69, 9.17) is 5.84 Å². The van der Waals surface area contributed by atoms with E-state index in [1.807, 2.05) is 13.0 Å². The van der Waals surface area contributed by atoms with Gasteiger partial charge in [0.2, 0.25) is 0 Å². The first-order valence-corrected chi connectivity index (χ1v) is 5.13. The highest BCUT2D eigenvalue weighted by molar-refractivity contribution is 5.28. The fraction of sp³-hybridized carbons (Fsp3) is 0.182. The average Bonchev–Trinajstić information content (AvgIpc) is 2.34. The molecule has 2 aromatic rings. The second-order valence-electron chi connectivity index (χ2n) is 3.71. The number of pyridine rings is 1. The van der Waals surface area contributed by atoms with E-state index < -0.39 is 0 Å². The lowest BCUT2D eigenvalue weighted by Gasteiger charge is -2.05. The van der Waals surface area contributed by atoms with E-state index >= 15 is 0 Å². The van der Waals surface area contributed by atoms with Crippen molar-refractivity contribution in [2.24, 2.45) is 5.84 Å². The lowest BCUT2D eigenvalue weighted by molar-refractivity contribution is 0.733. The topological polar surface area (TPSA) is 85.8 Å². The molecule has 2 rings (SSSR count). The van der Waals surface area contributed by atoms with E-state index in [0.717, 1.165) is 5.56 Å². The van der Waals surface area contributed by atoms with Crippen molar-refractivity contribution in [3.8, 4) is 0 Å². The summed E-state index contributed by atoms with van der Waals surface area (Å²) in [6.45, 7) is 2.28. The minimum atomic E-state index is -0.0483. The van der Waals surface area contributed by atoms with Crippen LogP contribution in [0.15, 0.2) is 35.5 Å². The van der Waals surface area contributed by atoms with Crippen LogP contribution in [0.2, 0.25) is 0 Å². The van der Waals surface area contributed by atoms with Crippen LogP contribution in [0.3, 0.4) is 0 Å². The minimum Gasteiger partial charge on any atom is -0.309 e. The highest BCUT2D eigenvalue weighted by atomic mass is 16.1. The van der Waals surface area contributed by atoms with E-state index in [9.17, 15) is 4.79 Å². The molecular formula is C11H13N5O. The molecule has 0 atom stereocenters. The largest absolute Gasteiger partial charge is 0.309 e. The third-order valence-corrected chi connectivity index (χ3v) is 2.34. The van der Waals surface area contributed by atoms with Crippen LogP contribution in [0.4, 0.5) is 5.82 Å². The molecule has 0 spiro atoms. The third kappa shape index (κ3) is 2.67. The van der Waals surface area contributed by atoms with Gasteiger partial charge in [0.25, 0.3) is 5.56 Å². The van der Waals surface area contributed by atoms with Gasteiger partial charge in [0.1, 0.15) is 0 Å². The summed E-state index contributed by atoms with van der Waals surface area (Å²) in [6.07, 6.45) is 4.85. The monoisotopic (exact) mass is 231 g/mol. The number of nitrogens with two attached hydrogens (primary N) is 1. The van der Waals surface area contributed by atoms with Gasteiger partial charge in [-0.05, 0) is 18.6 Å². The first kappa shape index (κ1) is 11.3. The van der Waals surface area contributed by atoms with Crippen LogP contribution in [0.5, 0.6) is 0 Å². The molecule has 0 radical (unpaired) electrons. The molecule has 6 nitrogen and oxygen atoms in total. The van der Waals surface area contributed by atoms with Crippen LogP contribution in [0.25, 0.3) is 0 Å². The fourth-order valence-electron chi connectivity index (χ4n) is 1.42. The zero-order chi connectivity index (χ0) is 12.3. The maximum atomic E-state index is 11.6. The molecule has 0 aliphatic heterocycles.